The summed E-state index contributed by atoms with van der Waals surface area (Å²) in [6.07, 6.45) is 1.30. The molecule has 10 nitrogen and oxygen atoms in total. The summed E-state index contributed by atoms with van der Waals surface area (Å²) in [5.74, 6) is 1.04. The molecule has 0 aliphatic carbocycles. The molecule has 4 rings (SSSR count). The second kappa shape index (κ2) is 9.55. The number of hydrogen-bond acceptors (Lipinski definition) is 9. The molecule has 1 aliphatic rings. The molecule has 0 amide bonds. The second-order valence-corrected chi connectivity index (χ2v) is 7.29. The molecule has 1 aromatic heterocycles. The number of nitrogens with zero attached hydrogens (tertiary/aromatic N) is 5. The van der Waals surface area contributed by atoms with Crippen molar-refractivity contribution < 1.29 is 18.8 Å². The minimum Gasteiger partial charge on any atom is -0.497 e. The van der Waals surface area contributed by atoms with E-state index in [1.165, 1.54) is 32.7 Å². The van der Waals surface area contributed by atoms with Crippen molar-refractivity contribution >= 4 is 28.7 Å². The van der Waals surface area contributed by atoms with E-state index in [0.717, 1.165) is 5.69 Å². The molecule has 1 aliphatic heterocycles. The molecule has 1 N–H and O–H groups in total. The quantitative estimate of drug-likeness (QED) is 0.423. The maximum absolute atomic E-state index is 13.2. The van der Waals surface area contributed by atoms with E-state index in [4.69, 9.17) is 9.47 Å². The lowest BCUT2D eigenvalue weighted by Crippen LogP contribution is -2.47. The number of benzene rings is 2. The van der Waals surface area contributed by atoms with Crippen LogP contribution in [0.15, 0.2) is 48.8 Å². The molecule has 0 bridgehead atoms. The van der Waals surface area contributed by atoms with E-state index in [-0.39, 0.29) is 23.1 Å². The number of piperazine rings is 1. The Bertz CT molecular complexity index is 1140. The van der Waals surface area contributed by atoms with Gasteiger partial charge in [0.1, 0.15) is 23.6 Å². The molecule has 3 aromatic rings. The van der Waals surface area contributed by atoms with Crippen LogP contribution < -0.4 is 24.6 Å². The Kier molecular flexibility index (Phi) is 6.38. The van der Waals surface area contributed by atoms with Crippen molar-refractivity contribution in [2.24, 2.45) is 0 Å². The van der Waals surface area contributed by atoms with Gasteiger partial charge in [0.15, 0.2) is 0 Å². The minimum atomic E-state index is -0.489. The topological polar surface area (TPSA) is 106 Å². The van der Waals surface area contributed by atoms with E-state index in [1.54, 1.807) is 30.3 Å². The number of methoxy groups -OCH3 is 2. The standard InChI is InChI=1S/C22H23FN6O4/c1-32-17-7-8-19(33-2)18(13-17)26-21-20(29(30)31)22(25-14-24-21)28-11-9-27(10-12-28)16-5-3-15(23)4-6-16/h3-8,13-14H,9-12H2,1-2H3,(H,24,25,26). The molecule has 1 fully saturated rings. The van der Waals surface area contributed by atoms with Crippen LogP contribution in [-0.4, -0.2) is 55.3 Å². The van der Waals surface area contributed by atoms with E-state index in [0.29, 0.717) is 43.4 Å². The van der Waals surface area contributed by atoms with E-state index in [2.05, 4.69) is 20.2 Å². The van der Waals surface area contributed by atoms with Crippen molar-refractivity contribution in [3.05, 3.63) is 64.7 Å². The highest BCUT2D eigenvalue weighted by atomic mass is 19.1. The van der Waals surface area contributed by atoms with Crippen molar-refractivity contribution in [1.29, 1.82) is 0 Å². The normalized spacial score (nSPS) is 13.5. The fourth-order valence-corrected chi connectivity index (χ4v) is 3.73. The molecule has 11 heteroatoms. The molecule has 0 unspecified atom stereocenters. The zero-order valence-corrected chi connectivity index (χ0v) is 18.2. The van der Waals surface area contributed by atoms with Gasteiger partial charge in [0, 0.05) is 37.9 Å². The first-order valence-corrected chi connectivity index (χ1v) is 10.2. The zero-order valence-electron chi connectivity index (χ0n) is 18.2. The molecular formula is C22H23FN6O4. The molecule has 172 valence electrons. The van der Waals surface area contributed by atoms with Crippen molar-refractivity contribution in [1.82, 2.24) is 9.97 Å². The Morgan fingerprint density at radius 2 is 1.70 bits per heavy atom. The first kappa shape index (κ1) is 22.1. The predicted molar refractivity (Wildman–Crippen MR) is 122 cm³/mol. The molecule has 0 atom stereocenters. The summed E-state index contributed by atoms with van der Waals surface area (Å²) in [4.78, 5) is 23.8. The van der Waals surface area contributed by atoms with Crippen LogP contribution in [0.5, 0.6) is 11.5 Å². The number of nitrogens with one attached hydrogen (secondary N) is 1. The minimum absolute atomic E-state index is 0.0533. The number of hydrogen-bond donors (Lipinski definition) is 1. The molecule has 2 aromatic carbocycles. The third-order valence-corrected chi connectivity index (χ3v) is 5.42. The van der Waals surface area contributed by atoms with Crippen LogP contribution in [-0.2, 0) is 0 Å². The average molecular weight is 454 g/mol. The van der Waals surface area contributed by atoms with Crippen LogP contribution in [0.3, 0.4) is 0 Å². The maximum Gasteiger partial charge on any atom is 0.353 e. The lowest BCUT2D eigenvalue weighted by Gasteiger charge is -2.36. The number of nitro groups is 1. The Balaban J connectivity index is 1.59. The van der Waals surface area contributed by atoms with Gasteiger partial charge in [-0.2, -0.15) is 0 Å². The van der Waals surface area contributed by atoms with Gasteiger partial charge in [-0.1, -0.05) is 0 Å². The zero-order chi connectivity index (χ0) is 23.4. The summed E-state index contributed by atoms with van der Waals surface area (Å²) in [6, 6.07) is 11.4. The largest absolute Gasteiger partial charge is 0.497 e. The average Bonchev–Trinajstić information content (AvgIpc) is 2.84. The van der Waals surface area contributed by atoms with Gasteiger partial charge >= 0.3 is 5.69 Å². The van der Waals surface area contributed by atoms with Crippen LogP contribution >= 0.6 is 0 Å². The van der Waals surface area contributed by atoms with Gasteiger partial charge in [0.25, 0.3) is 0 Å². The Morgan fingerprint density at radius 3 is 2.33 bits per heavy atom. The van der Waals surface area contributed by atoms with Crippen molar-refractivity contribution in [3.8, 4) is 11.5 Å². The van der Waals surface area contributed by atoms with E-state index >= 15 is 0 Å². The maximum atomic E-state index is 13.2. The van der Waals surface area contributed by atoms with Crippen LogP contribution in [0.25, 0.3) is 0 Å². The highest BCUT2D eigenvalue weighted by Crippen LogP contribution is 2.37. The van der Waals surface area contributed by atoms with Crippen LogP contribution in [0.2, 0.25) is 0 Å². The molecular weight excluding hydrogens is 431 g/mol. The fraction of sp³-hybridized carbons (Fsp3) is 0.273. The third kappa shape index (κ3) is 4.71. The number of aromatic nitrogens is 2. The summed E-state index contributed by atoms with van der Waals surface area (Å²) in [6.45, 7) is 2.24. The lowest BCUT2D eigenvalue weighted by atomic mass is 10.2. The summed E-state index contributed by atoms with van der Waals surface area (Å²) < 4.78 is 23.8. The summed E-state index contributed by atoms with van der Waals surface area (Å²) in [7, 11) is 3.04. The molecule has 33 heavy (non-hydrogen) atoms. The van der Waals surface area contributed by atoms with Crippen LogP contribution in [0.4, 0.5) is 33.1 Å². The van der Waals surface area contributed by atoms with Gasteiger partial charge in [-0.3, -0.25) is 10.1 Å². The SMILES string of the molecule is COc1ccc(OC)c(Nc2ncnc(N3CCN(c4ccc(F)cc4)CC3)c2[N+](=O)[O-])c1. The van der Waals surface area contributed by atoms with Gasteiger partial charge in [0.05, 0.1) is 24.8 Å². The molecule has 0 radical (unpaired) electrons. The van der Waals surface area contributed by atoms with Crippen LogP contribution in [0.1, 0.15) is 0 Å². The van der Waals surface area contributed by atoms with E-state index in [9.17, 15) is 14.5 Å². The van der Waals surface area contributed by atoms with Gasteiger partial charge in [0.2, 0.25) is 11.6 Å². The smallest absolute Gasteiger partial charge is 0.353 e. The summed E-state index contributed by atoms with van der Waals surface area (Å²) >= 11 is 0. The summed E-state index contributed by atoms with van der Waals surface area (Å²) in [5.41, 5.74) is 1.16. The highest BCUT2D eigenvalue weighted by Gasteiger charge is 2.30. The van der Waals surface area contributed by atoms with Gasteiger partial charge in [-0.25, -0.2) is 14.4 Å². The lowest BCUT2D eigenvalue weighted by molar-refractivity contribution is -0.383. The number of ether oxygens (including phenoxy) is 2. The van der Waals surface area contributed by atoms with Crippen molar-refractivity contribution in [2.75, 3.05) is 55.5 Å². The Hall–Kier alpha value is -4.15. The predicted octanol–water partition coefficient (Wildman–Crippen LogP) is 3.61. The monoisotopic (exact) mass is 454 g/mol. The highest BCUT2D eigenvalue weighted by molar-refractivity contribution is 5.77. The number of anilines is 4. The first-order valence-electron chi connectivity index (χ1n) is 10.2. The third-order valence-electron chi connectivity index (χ3n) is 5.42. The second-order valence-electron chi connectivity index (χ2n) is 7.29. The molecule has 1 saturated heterocycles. The van der Waals surface area contributed by atoms with Crippen molar-refractivity contribution in [3.63, 3.8) is 0 Å². The molecule has 2 heterocycles. The van der Waals surface area contributed by atoms with Gasteiger partial charge in [-0.15, -0.1) is 0 Å². The van der Waals surface area contributed by atoms with Gasteiger partial charge in [-0.05, 0) is 36.4 Å². The fourth-order valence-electron chi connectivity index (χ4n) is 3.73. The van der Waals surface area contributed by atoms with E-state index < -0.39 is 4.92 Å². The summed E-state index contributed by atoms with van der Waals surface area (Å²) in [5, 5.41) is 15.0. The van der Waals surface area contributed by atoms with Crippen molar-refractivity contribution in [2.45, 2.75) is 0 Å². The Morgan fingerprint density at radius 1 is 1.00 bits per heavy atom. The van der Waals surface area contributed by atoms with E-state index in [1.807, 2.05) is 4.90 Å². The first-order chi connectivity index (χ1) is 16.0. The molecule has 0 saturated carbocycles. The van der Waals surface area contributed by atoms with Gasteiger partial charge < -0.3 is 24.6 Å². The Labute approximate surface area is 189 Å². The molecule has 0 spiro atoms. The number of halogens is 1. The van der Waals surface area contributed by atoms with Crippen LogP contribution in [0, 0.1) is 15.9 Å². The number of rotatable bonds is 7.